The molecule has 26 heavy (non-hydrogen) atoms. The molecule has 0 unspecified atom stereocenters. The predicted octanol–water partition coefficient (Wildman–Crippen LogP) is 5.00. The van der Waals surface area contributed by atoms with Gasteiger partial charge >= 0.3 is 0 Å². The average Bonchev–Trinajstić information content (AvgIpc) is 2.54. The smallest absolute Gasteiger partial charge is 0.189 e. The summed E-state index contributed by atoms with van der Waals surface area (Å²) in [7, 11) is 1.24. The highest BCUT2D eigenvalue weighted by Crippen LogP contribution is 2.50. The van der Waals surface area contributed by atoms with Gasteiger partial charge in [0.2, 0.25) is 0 Å². The summed E-state index contributed by atoms with van der Waals surface area (Å²) in [4.78, 5) is 6.56. The standard InChI is InChI=1S/C20H39N4OP/c1-16(2)23(17(3)4)26(24(18(5)6)19(7)8)25-15-14-22(9)20-12-10-11-13-21-20/h10-13,16-19H,14-15H2,1-9H3. The van der Waals surface area contributed by atoms with Crippen molar-refractivity contribution in [2.75, 3.05) is 25.1 Å². The second-order valence-corrected chi connectivity index (χ2v) is 9.52. The zero-order valence-electron chi connectivity index (χ0n) is 18.2. The Kier molecular flexibility index (Phi) is 10.0. The molecule has 0 N–H and O–H groups in total. The fourth-order valence-corrected chi connectivity index (χ4v) is 5.52. The van der Waals surface area contributed by atoms with E-state index >= 15 is 0 Å². The Balaban J connectivity index is 2.87. The molecule has 0 saturated heterocycles. The van der Waals surface area contributed by atoms with Crippen molar-refractivity contribution >= 4 is 14.3 Å². The lowest BCUT2D eigenvalue weighted by Gasteiger charge is -2.45. The van der Waals surface area contributed by atoms with Gasteiger partial charge < -0.3 is 9.42 Å². The highest BCUT2D eigenvalue weighted by Gasteiger charge is 2.34. The minimum atomic E-state index is -0.825. The van der Waals surface area contributed by atoms with Gasteiger partial charge in [0, 0.05) is 44.0 Å². The van der Waals surface area contributed by atoms with Crippen LogP contribution >= 0.6 is 8.45 Å². The number of nitrogens with zero attached hydrogens (tertiary/aromatic N) is 4. The summed E-state index contributed by atoms with van der Waals surface area (Å²) in [5.41, 5.74) is 0. The second-order valence-electron chi connectivity index (χ2n) is 7.83. The van der Waals surface area contributed by atoms with E-state index < -0.39 is 8.45 Å². The first-order valence-corrected chi connectivity index (χ1v) is 10.9. The quantitative estimate of drug-likeness (QED) is 0.503. The number of likely N-dealkylation sites (N-methyl/N-ethyl adjacent to an activating group) is 1. The average molecular weight is 383 g/mol. The minimum Gasteiger partial charge on any atom is -0.357 e. The highest BCUT2D eigenvalue weighted by atomic mass is 31.2. The largest absolute Gasteiger partial charge is 0.357 e. The monoisotopic (exact) mass is 382 g/mol. The van der Waals surface area contributed by atoms with Crippen LogP contribution in [0.2, 0.25) is 0 Å². The molecule has 0 saturated carbocycles. The van der Waals surface area contributed by atoms with Crippen LogP contribution in [0.3, 0.4) is 0 Å². The molecule has 0 fully saturated rings. The van der Waals surface area contributed by atoms with Crippen molar-refractivity contribution in [2.45, 2.75) is 79.6 Å². The summed E-state index contributed by atoms with van der Waals surface area (Å²) < 4.78 is 11.6. The molecule has 0 atom stereocenters. The molecule has 1 rings (SSSR count). The summed E-state index contributed by atoms with van der Waals surface area (Å²) in [5.74, 6) is 0.981. The minimum absolute atomic E-state index is 0.439. The third-order valence-electron chi connectivity index (χ3n) is 4.19. The van der Waals surface area contributed by atoms with Crippen molar-refractivity contribution in [3.05, 3.63) is 24.4 Å². The van der Waals surface area contributed by atoms with Gasteiger partial charge in [0.05, 0.1) is 6.61 Å². The van der Waals surface area contributed by atoms with E-state index in [1.807, 2.05) is 24.4 Å². The molecule has 0 radical (unpaired) electrons. The molecule has 0 aliphatic carbocycles. The molecule has 6 heteroatoms. The molecule has 1 aromatic heterocycles. The third-order valence-corrected chi connectivity index (χ3v) is 7.24. The predicted molar refractivity (Wildman–Crippen MR) is 115 cm³/mol. The molecule has 1 aromatic rings. The van der Waals surface area contributed by atoms with Gasteiger partial charge in [0.15, 0.2) is 8.45 Å². The van der Waals surface area contributed by atoms with Gasteiger partial charge in [-0.2, -0.15) is 0 Å². The SMILES string of the molecule is CC(C)N(C(C)C)P(OCCN(C)c1ccccn1)N(C(C)C)C(C)C. The number of hydrogen-bond acceptors (Lipinski definition) is 5. The van der Waals surface area contributed by atoms with Crippen LogP contribution in [0.1, 0.15) is 55.4 Å². The van der Waals surface area contributed by atoms with Crippen molar-refractivity contribution in [1.82, 2.24) is 14.3 Å². The van der Waals surface area contributed by atoms with Crippen molar-refractivity contribution < 1.29 is 4.52 Å². The fourth-order valence-electron chi connectivity index (χ4n) is 3.19. The highest BCUT2D eigenvalue weighted by molar-refractivity contribution is 7.47. The van der Waals surface area contributed by atoms with Gasteiger partial charge in [-0.3, -0.25) is 0 Å². The number of hydrogen-bond donors (Lipinski definition) is 0. The zero-order chi connectivity index (χ0) is 19.9. The number of aromatic nitrogens is 1. The number of pyridine rings is 1. The molecular formula is C20H39N4OP. The molecule has 150 valence electrons. The Morgan fingerprint density at radius 1 is 0.885 bits per heavy atom. The van der Waals surface area contributed by atoms with Crippen molar-refractivity contribution in [3.63, 3.8) is 0 Å². The van der Waals surface area contributed by atoms with Crippen LogP contribution in [-0.4, -0.2) is 58.7 Å². The van der Waals surface area contributed by atoms with Crippen molar-refractivity contribution in [1.29, 1.82) is 0 Å². The molecule has 5 nitrogen and oxygen atoms in total. The Morgan fingerprint density at radius 2 is 1.38 bits per heavy atom. The fraction of sp³-hybridized carbons (Fsp3) is 0.750. The topological polar surface area (TPSA) is 31.8 Å². The van der Waals surface area contributed by atoms with Gasteiger partial charge in [-0.1, -0.05) is 6.07 Å². The Labute approximate surface area is 162 Å². The van der Waals surface area contributed by atoms with E-state index in [-0.39, 0.29) is 0 Å². The normalized spacial score (nSPS) is 12.6. The van der Waals surface area contributed by atoms with Crippen LogP contribution in [0.25, 0.3) is 0 Å². The van der Waals surface area contributed by atoms with Crippen LogP contribution in [0.5, 0.6) is 0 Å². The Morgan fingerprint density at radius 3 is 1.77 bits per heavy atom. The lowest BCUT2D eigenvalue weighted by atomic mass is 10.3. The summed E-state index contributed by atoms with van der Waals surface area (Å²) in [6.45, 7) is 19.6. The van der Waals surface area contributed by atoms with Gasteiger partial charge in [-0.05, 0) is 67.5 Å². The van der Waals surface area contributed by atoms with E-state index in [4.69, 9.17) is 4.52 Å². The maximum absolute atomic E-state index is 6.55. The van der Waals surface area contributed by atoms with Gasteiger partial charge in [-0.15, -0.1) is 0 Å². The van der Waals surface area contributed by atoms with Gasteiger partial charge in [0.1, 0.15) is 5.82 Å². The van der Waals surface area contributed by atoms with Crippen LogP contribution in [0.4, 0.5) is 5.82 Å². The molecule has 1 heterocycles. The Bertz CT molecular complexity index is 460. The van der Waals surface area contributed by atoms with Gasteiger partial charge in [-0.25, -0.2) is 14.3 Å². The van der Waals surface area contributed by atoms with Crippen molar-refractivity contribution in [3.8, 4) is 0 Å². The maximum Gasteiger partial charge on any atom is 0.189 e. The van der Waals surface area contributed by atoms with E-state index in [2.05, 4.69) is 81.7 Å². The summed E-state index contributed by atoms with van der Waals surface area (Å²) in [6, 6.07) is 7.75. The molecule has 0 amide bonds. The molecule has 0 aliphatic heterocycles. The third kappa shape index (κ3) is 6.77. The summed E-state index contributed by atoms with van der Waals surface area (Å²) in [6.07, 6.45) is 1.83. The van der Waals surface area contributed by atoms with Crippen LogP contribution in [-0.2, 0) is 4.52 Å². The maximum atomic E-state index is 6.55. The number of rotatable bonds is 11. The van der Waals surface area contributed by atoms with Crippen LogP contribution in [0, 0.1) is 0 Å². The second kappa shape index (κ2) is 11.2. The van der Waals surface area contributed by atoms with Crippen molar-refractivity contribution in [2.24, 2.45) is 0 Å². The van der Waals surface area contributed by atoms with Gasteiger partial charge in [0.25, 0.3) is 0 Å². The molecule has 0 aromatic carbocycles. The lowest BCUT2D eigenvalue weighted by Crippen LogP contribution is -2.43. The lowest BCUT2D eigenvalue weighted by molar-refractivity contribution is 0.189. The molecule has 0 bridgehead atoms. The first-order chi connectivity index (χ1) is 12.2. The molecule has 0 spiro atoms. The first kappa shape index (κ1) is 23.3. The van der Waals surface area contributed by atoms with Crippen LogP contribution < -0.4 is 4.90 Å². The van der Waals surface area contributed by atoms with E-state index in [1.54, 1.807) is 0 Å². The molecule has 0 aliphatic rings. The zero-order valence-corrected chi connectivity index (χ0v) is 19.1. The number of anilines is 1. The summed E-state index contributed by atoms with van der Waals surface area (Å²) in [5, 5.41) is 0. The first-order valence-electron chi connectivity index (χ1n) is 9.78. The van der Waals surface area contributed by atoms with E-state index in [9.17, 15) is 0 Å². The van der Waals surface area contributed by atoms with Crippen LogP contribution in [0.15, 0.2) is 24.4 Å². The van der Waals surface area contributed by atoms with E-state index in [0.717, 1.165) is 12.4 Å². The molecular weight excluding hydrogens is 343 g/mol. The van der Waals surface area contributed by atoms with E-state index in [0.29, 0.717) is 30.8 Å². The van der Waals surface area contributed by atoms with E-state index in [1.165, 1.54) is 0 Å². The summed E-state index contributed by atoms with van der Waals surface area (Å²) >= 11 is 0. The Hall–Kier alpha value is -0.740.